The molecule has 0 aliphatic carbocycles. The van der Waals surface area contributed by atoms with Crippen molar-refractivity contribution < 1.29 is 18.5 Å². The predicted octanol–water partition coefficient (Wildman–Crippen LogP) is 3.62. The molecule has 1 atom stereocenters. The number of nitro benzene ring substituents is 1. The number of piperazine rings is 1. The minimum absolute atomic E-state index is 0.135. The Morgan fingerprint density at radius 1 is 1.09 bits per heavy atom. The summed E-state index contributed by atoms with van der Waals surface area (Å²) in [5.74, 6) is 0.0756. The fraction of sp³-hybridized carbons (Fsp3) is 0.261. The zero-order valence-electron chi connectivity index (χ0n) is 17.3. The van der Waals surface area contributed by atoms with Crippen molar-refractivity contribution in [1.82, 2.24) is 10.2 Å². The van der Waals surface area contributed by atoms with Crippen LogP contribution in [0.4, 0.5) is 15.8 Å². The molecule has 0 saturated carbocycles. The second-order valence-corrected chi connectivity index (χ2v) is 7.52. The number of carbonyl (C=O) groups excluding carboxylic acids is 1. The summed E-state index contributed by atoms with van der Waals surface area (Å²) < 4.78 is 19.8. The number of para-hydroxylation sites is 1. The van der Waals surface area contributed by atoms with E-state index in [0.29, 0.717) is 37.6 Å². The molecule has 1 aromatic heterocycles. The average molecular weight is 438 g/mol. The summed E-state index contributed by atoms with van der Waals surface area (Å²) in [6.07, 6.45) is 1.58. The summed E-state index contributed by atoms with van der Waals surface area (Å²) in [6, 6.07) is 15.8. The number of rotatable bonds is 7. The van der Waals surface area contributed by atoms with Gasteiger partial charge in [-0.2, -0.15) is 0 Å². The first-order valence-electron chi connectivity index (χ1n) is 10.3. The molecule has 0 radical (unpaired) electrons. The lowest BCUT2D eigenvalue weighted by Gasteiger charge is -2.39. The maximum Gasteiger partial charge on any atom is 0.270 e. The number of furan rings is 1. The molecular formula is C23H23FN4O4. The third-order valence-corrected chi connectivity index (χ3v) is 5.59. The van der Waals surface area contributed by atoms with Gasteiger partial charge in [-0.15, -0.1) is 0 Å². The molecule has 32 heavy (non-hydrogen) atoms. The van der Waals surface area contributed by atoms with Gasteiger partial charge in [-0.25, -0.2) is 4.39 Å². The second-order valence-electron chi connectivity index (χ2n) is 7.52. The van der Waals surface area contributed by atoms with Gasteiger partial charge in [0.05, 0.1) is 22.9 Å². The van der Waals surface area contributed by atoms with Crippen molar-refractivity contribution in [2.24, 2.45) is 0 Å². The summed E-state index contributed by atoms with van der Waals surface area (Å²) in [5.41, 5.74) is 0.673. The van der Waals surface area contributed by atoms with E-state index < -0.39 is 10.8 Å². The van der Waals surface area contributed by atoms with E-state index in [2.05, 4.69) is 10.2 Å². The summed E-state index contributed by atoms with van der Waals surface area (Å²) >= 11 is 0. The Balaban J connectivity index is 1.43. The lowest BCUT2D eigenvalue weighted by molar-refractivity contribution is -0.384. The fourth-order valence-electron chi connectivity index (χ4n) is 3.93. The SMILES string of the molecule is O=C(NC[C@@H](c1ccco1)N1CCN(c2ccccc2F)CC1)c1cccc([N+](=O)[O-])c1. The molecular weight excluding hydrogens is 415 g/mol. The maximum atomic E-state index is 14.1. The number of nitro groups is 1. The Bertz CT molecular complexity index is 1080. The minimum Gasteiger partial charge on any atom is -0.468 e. The number of hydrogen-bond donors (Lipinski definition) is 1. The van der Waals surface area contributed by atoms with E-state index in [1.165, 1.54) is 30.3 Å². The van der Waals surface area contributed by atoms with Crippen LogP contribution in [0.2, 0.25) is 0 Å². The summed E-state index contributed by atoms with van der Waals surface area (Å²) in [7, 11) is 0. The van der Waals surface area contributed by atoms with Crippen molar-refractivity contribution in [2.75, 3.05) is 37.6 Å². The zero-order valence-corrected chi connectivity index (χ0v) is 17.3. The second kappa shape index (κ2) is 9.61. The summed E-state index contributed by atoms with van der Waals surface area (Å²) in [6.45, 7) is 2.86. The van der Waals surface area contributed by atoms with Crippen LogP contribution in [0, 0.1) is 15.9 Å². The number of non-ortho nitro benzene ring substituents is 1. The molecule has 1 amide bonds. The minimum atomic E-state index is -0.530. The van der Waals surface area contributed by atoms with Crippen molar-refractivity contribution in [3.8, 4) is 0 Å². The molecule has 1 aliphatic rings. The van der Waals surface area contributed by atoms with Crippen LogP contribution in [0.15, 0.2) is 71.3 Å². The first-order chi connectivity index (χ1) is 15.5. The molecule has 2 aromatic carbocycles. The number of carbonyl (C=O) groups is 1. The van der Waals surface area contributed by atoms with Gasteiger partial charge >= 0.3 is 0 Å². The van der Waals surface area contributed by atoms with E-state index >= 15 is 0 Å². The van der Waals surface area contributed by atoms with Gasteiger partial charge in [0, 0.05) is 50.4 Å². The molecule has 2 heterocycles. The topological polar surface area (TPSA) is 91.9 Å². The van der Waals surface area contributed by atoms with Gasteiger partial charge in [0.2, 0.25) is 0 Å². The molecule has 0 unspecified atom stereocenters. The smallest absolute Gasteiger partial charge is 0.270 e. The van der Waals surface area contributed by atoms with Gasteiger partial charge in [-0.3, -0.25) is 19.8 Å². The van der Waals surface area contributed by atoms with Crippen LogP contribution in [0.25, 0.3) is 0 Å². The van der Waals surface area contributed by atoms with E-state index in [1.807, 2.05) is 17.0 Å². The molecule has 0 spiro atoms. The number of nitrogens with zero attached hydrogens (tertiary/aromatic N) is 3. The van der Waals surface area contributed by atoms with E-state index in [0.717, 1.165) is 0 Å². The van der Waals surface area contributed by atoms with Crippen LogP contribution >= 0.6 is 0 Å². The van der Waals surface area contributed by atoms with Gasteiger partial charge in [-0.05, 0) is 30.3 Å². The monoisotopic (exact) mass is 438 g/mol. The number of halogens is 1. The first-order valence-corrected chi connectivity index (χ1v) is 10.3. The first kappa shape index (κ1) is 21.5. The zero-order chi connectivity index (χ0) is 22.5. The quantitative estimate of drug-likeness (QED) is 0.448. The molecule has 1 fully saturated rings. The third kappa shape index (κ3) is 4.78. The lowest BCUT2D eigenvalue weighted by atomic mass is 10.1. The highest BCUT2D eigenvalue weighted by atomic mass is 19.1. The third-order valence-electron chi connectivity index (χ3n) is 5.59. The number of hydrogen-bond acceptors (Lipinski definition) is 6. The molecule has 0 bridgehead atoms. The van der Waals surface area contributed by atoms with Gasteiger partial charge in [0.15, 0.2) is 0 Å². The summed E-state index contributed by atoms with van der Waals surface area (Å²) in [4.78, 5) is 27.3. The summed E-state index contributed by atoms with van der Waals surface area (Å²) in [5, 5.41) is 13.8. The molecule has 8 nitrogen and oxygen atoms in total. The van der Waals surface area contributed by atoms with E-state index in [4.69, 9.17) is 4.42 Å². The van der Waals surface area contributed by atoms with Crippen molar-refractivity contribution >= 4 is 17.3 Å². The van der Waals surface area contributed by atoms with Crippen molar-refractivity contribution in [1.29, 1.82) is 0 Å². The number of amides is 1. The molecule has 1 N–H and O–H groups in total. The predicted molar refractivity (Wildman–Crippen MR) is 117 cm³/mol. The Hall–Kier alpha value is -3.72. The standard InChI is InChI=1S/C23H23FN4O4/c24-19-7-1-2-8-20(19)26-10-12-27(13-11-26)21(22-9-4-14-32-22)16-25-23(29)17-5-3-6-18(15-17)28(30)31/h1-9,14-15,21H,10-13,16H2,(H,25,29)/t21-/m0/s1. The molecule has 3 aromatic rings. The highest BCUT2D eigenvalue weighted by Crippen LogP contribution is 2.26. The van der Waals surface area contributed by atoms with Crippen LogP contribution in [0.3, 0.4) is 0 Å². The van der Waals surface area contributed by atoms with Crippen LogP contribution < -0.4 is 10.2 Å². The lowest BCUT2D eigenvalue weighted by Crippen LogP contribution is -2.50. The van der Waals surface area contributed by atoms with E-state index in [9.17, 15) is 19.3 Å². The molecule has 1 saturated heterocycles. The Labute approximate surface area is 184 Å². The maximum absolute atomic E-state index is 14.1. The average Bonchev–Trinajstić information content (AvgIpc) is 3.34. The van der Waals surface area contributed by atoms with Crippen molar-refractivity contribution in [3.05, 3.63) is 94.2 Å². The van der Waals surface area contributed by atoms with Crippen LogP contribution in [0.1, 0.15) is 22.2 Å². The van der Waals surface area contributed by atoms with Gasteiger partial charge in [0.25, 0.3) is 11.6 Å². The normalized spacial score (nSPS) is 15.3. The highest BCUT2D eigenvalue weighted by molar-refractivity contribution is 5.94. The van der Waals surface area contributed by atoms with Crippen LogP contribution in [-0.2, 0) is 0 Å². The van der Waals surface area contributed by atoms with E-state index in [1.54, 1.807) is 24.5 Å². The molecule has 9 heteroatoms. The van der Waals surface area contributed by atoms with Crippen molar-refractivity contribution in [3.63, 3.8) is 0 Å². The van der Waals surface area contributed by atoms with Crippen LogP contribution in [0.5, 0.6) is 0 Å². The Kier molecular flexibility index (Phi) is 6.46. The molecule has 1 aliphatic heterocycles. The Morgan fingerprint density at radius 2 is 1.88 bits per heavy atom. The number of anilines is 1. The van der Waals surface area contributed by atoms with Gasteiger partial charge < -0.3 is 14.6 Å². The largest absolute Gasteiger partial charge is 0.468 e. The van der Waals surface area contributed by atoms with Crippen molar-refractivity contribution in [2.45, 2.75) is 6.04 Å². The van der Waals surface area contributed by atoms with E-state index in [-0.39, 0.29) is 29.7 Å². The van der Waals surface area contributed by atoms with Gasteiger partial charge in [-0.1, -0.05) is 18.2 Å². The van der Waals surface area contributed by atoms with Crippen LogP contribution in [-0.4, -0.2) is 48.5 Å². The molecule has 4 rings (SSSR count). The number of nitrogens with one attached hydrogen (secondary N) is 1. The van der Waals surface area contributed by atoms with Gasteiger partial charge in [0.1, 0.15) is 11.6 Å². The fourth-order valence-corrected chi connectivity index (χ4v) is 3.93. The number of benzene rings is 2. The Morgan fingerprint density at radius 3 is 2.56 bits per heavy atom. The molecule has 166 valence electrons. The highest BCUT2D eigenvalue weighted by Gasteiger charge is 2.28.